The Kier molecular flexibility index (Phi) is 8.44. The summed E-state index contributed by atoms with van der Waals surface area (Å²) < 4.78 is 0. The van der Waals surface area contributed by atoms with E-state index in [1.54, 1.807) is 11.8 Å². The van der Waals surface area contributed by atoms with Crippen molar-refractivity contribution in [2.45, 2.75) is 17.4 Å². The molecule has 1 amide bonds. The highest BCUT2D eigenvalue weighted by Crippen LogP contribution is 2.26. The fourth-order valence-corrected chi connectivity index (χ4v) is 3.26. The molecule has 0 radical (unpaired) electrons. The molecular weight excluding hydrogens is 331 g/mol. The molecule has 0 aromatic heterocycles. The molecule has 1 aromatic rings. The molecule has 1 aliphatic rings. The molecule has 0 spiro atoms. The molecule has 3 N–H and O–H groups in total. The lowest BCUT2D eigenvalue weighted by molar-refractivity contribution is -0.120. The van der Waals surface area contributed by atoms with Crippen LogP contribution in [-0.2, 0) is 4.79 Å². The Balaban J connectivity index is 0.00000220. The van der Waals surface area contributed by atoms with Crippen LogP contribution in [0, 0.1) is 5.92 Å². The predicted molar refractivity (Wildman–Crippen MR) is 89.4 cm³/mol. The SMILES string of the molecule is Cl.O=C(CCSc1ccccc1Cl)NCC1CNCC1O. The number of rotatable bonds is 6. The van der Waals surface area contributed by atoms with Crippen molar-refractivity contribution in [3.05, 3.63) is 29.3 Å². The first-order valence-electron chi connectivity index (χ1n) is 6.69. The third kappa shape index (κ3) is 6.04. The quantitative estimate of drug-likeness (QED) is 0.686. The molecule has 2 rings (SSSR count). The third-order valence-corrected chi connectivity index (χ3v) is 4.81. The van der Waals surface area contributed by atoms with Gasteiger partial charge in [0.25, 0.3) is 0 Å². The van der Waals surface area contributed by atoms with Gasteiger partial charge in [0.2, 0.25) is 5.91 Å². The summed E-state index contributed by atoms with van der Waals surface area (Å²) in [5, 5.41) is 16.3. The minimum Gasteiger partial charge on any atom is -0.391 e. The zero-order valence-corrected chi connectivity index (χ0v) is 13.9. The maximum Gasteiger partial charge on any atom is 0.220 e. The van der Waals surface area contributed by atoms with Gasteiger partial charge in [-0.1, -0.05) is 23.7 Å². The number of hydrogen-bond acceptors (Lipinski definition) is 4. The second kappa shape index (κ2) is 9.54. The van der Waals surface area contributed by atoms with Crippen molar-refractivity contribution in [3.8, 4) is 0 Å². The average Bonchev–Trinajstić information content (AvgIpc) is 2.84. The normalized spacial score (nSPS) is 20.9. The molecule has 118 valence electrons. The van der Waals surface area contributed by atoms with Gasteiger partial charge in [-0.2, -0.15) is 0 Å². The van der Waals surface area contributed by atoms with Crippen molar-refractivity contribution in [1.29, 1.82) is 0 Å². The maximum atomic E-state index is 11.7. The number of aliphatic hydroxyl groups is 1. The molecule has 1 fully saturated rings. The summed E-state index contributed by atoms with van der Waals surface area (Å²) in [5.41, 5.74) is 0. The lowest BCUT2D eigenvalue weighted by Crippen LogP contribution is -2.34. The zero-order chi connectivity index (χ0) is 14.4. The number of nitrogens with one attached hydrogen (secondary N) is 2. The molecule has 7 heteroatoms. The fourth-order valence-electron chi connectivity index (χ4n) is 2.08. The van der Waals surface area contributed by atoms with Crippen LogP contribution in [0.5, 0.6) is 0 Å². The summed E-state index contributed by atoms with van der Waals surface area (Å²) in [7, 11) is 0. The Hall–Kier alpha value is -0.460. The van der Waals surface area contributed by atoms with Gasteiger partial charge in [-0.3, -0.25) is 4.79 Å². The number of carbonyl (C=O) groups excluding carboxylic acids is 1. The lowest BCUT2D eigenvalue weighted by Gasteiger charge is -2.14. The summed E-state index contributed by atoms with van der Waals surface area (Å²) in [6.07, 6.45) is 0.0966. The van der Waals surface area contributed by atoms with E-state index in [4.69, 9.17) is 11.6 Å². The topological polar surface area (TPSA) is 61.4 Å². The number of hydrogen-bond donors (Lipinski definition) is 3. The van der Waals surface area contributed by atoms with Crippen LogP contribution in [0.3, 0.4) is 0 Å². The minimum absolute atomic E-state index is 0. The number of halogens is 2. The third-order valence-electron chi connectivity index (χ3n) is 3.29. The van der Waals surface area contributed by atoms with E-state index in [0.29, 0.717) is 25.3 Å². The monoisotopic (exact) mass is 350 g/mol. The molecule has 0 saturated carbocycles. The summed E-state index contributed by atoms with van der Waals surface area (Å²) in [6.45, 7) is 1.91. The number of amides is 1. The van der Waals surface area contributed by atoms with Crippen LogP contribution >= 0.6 is 35.8 Å². The van der Waals surface area contributed by atoms with Crippen molar-refractivity contribution < 1.29 is 9.90 Å². The van der Waals surface area contributed by atoms with Crippen LogP contribution in [0.25, 0.3) is 0 Å². The summed E-state index contributed by atoms with van der Waals surface area (Å²) in [4.78, 5) is 12.7. The first kappa shape index (κ1) is 18.6. The van der Waals surface area contributed by atoms with Gasteiger partial charge in [0, 0.05) is 42.6 Å². The van der Waals surface area contributed by atoms with Crippen LogP contribution in [0.1, 0.15) is 6.42 Å². The molecule has 1 aromatic carbocycles. The highest BCUT2D eigenvalue weighted by Gasteiger charge is 2.24. The smallest absolute Gasteiger partial charge is 0.220 e. The van der Waals surface area contributed by atoms with Crippen LogP contribution < -0.4 is 10.6 Å². The van der Waals surface area contributed by atoms with Crippen molar-refractivity contribution in [3.63, 3.8) is 0 Å². The van der Waals surface area contributed by atoms with Gasteiger partial charge in [0.15, 0.2) is 0 Å². The Labute approximate surface area is 140 Å². The zero-order valence-electron chi connectivity index (χ0n) is 11.5. The van der Waals surface area contributed by atoms with Crippen molar-refractivity contribution >= 4 is 41.7 Å². The Morgan fingerprint density at radius 3 is 2.86 bits per heavy atom. The summed E-state index contributed by atoms with van der Waals surface area (Å²) in [5.74, 6) is 0.833. The first-order chi connectivity index (χ1) is 9.66. The average molecular weight is 351 g/mol. The Bertz CT molecular complexity index is 462. The van der Waals surface area contributed by atoms with Crippen LogP contribution in [0.2, 0.25) is 5.02 Å². The van der Waals surface area contributed by atoms with E-state index in [1.165, 1.54) is 0 Å². The molecule has 2 unspecified atom stereocenters. The lowest BCUT2D eigenvalue weighted by atomic mass is 10.1. The largest absolute Gasteiger partial charge is 0.391 e. The summed E-state index contributed by atoms with van der Waals surface area (Å²) >= 11 is 7.63. The van der Waals surface area contributed by atoms with Crippen molar-refractivity contribution in [1.82, 2.24) is 10.6 Å². The van der Waals surface area contributed by atoms with E-state index >= 15 is 0 Å². The van der Waals surface area contributed by atoms with Gasteiger partial charge in [-0.05, 0) is 12.1 Å². The molecule has 1 heterocycles. The molecule has 0 bridgehead atoms. The number of carbonyl (C=O) groups is 1. The summed E-state index contributed by atoms with van der Waals surface area (Å²) in [6, 6.07) is 7.62. The van der Waals surface area contributed by atoms with E-state index in [-0.39, 0.29) is 30.3 Å². The van der Waals surface area contributed by atoms with Crippen LogP contribution in [0.4, 0.5) is 0 Å². The fraction of sp³-hybridized carbons (Fsp3) is 0.500. The Morgan fingerprint density at radius 2 is 2.19 bits per heavy atom. The molecule has 0 aliphatic carbocycles. The van der Waals surface area contributed by atoms with Gasteiger partial charge >= 0.3 is 0 Å². The van der Waals surface area contributed by atoms with E-state index < -0.39 is 0 Å². The number of thioether (sulfide) groups is 1. The van der Waals surface area contributed by atoms with E-state index in [9.17, 15) is 9.90 Å². The maximum absolute atomic E-state index is 11.7. The van der Waals surface area contributed by atoms with Gasteiger partial charge in [-0.15, -0.1) is 24.2 Å². The second-order valence-corrected chi connectivity index (χ2v) is 6.36. The predicted octanol–water partition coefficient (Wildman–Crippen LogP) is 1.94. The molecule has 21 heavy (non-hydrogen) atoms. The number of β-amino-alcohol motifs (C(OH)–C–C–N with tert-alkyl or cyclic N) is 1. The molecular formula is C14H20Cl2N2O2S. The van der Waals surface area contributed by atoms with Crippen LogP contribution in [-0.4, -0.2) is 42.5 Å². The van der Waals surface area contributed by atoms with Gasteiger partial charge < -0.3 is 15.7 Å². The Morgan fingerprint density at radius 1 is 1.43 bits per heavy atom. The standard InChI is InChI=1S/C14H19ClN2O2S.ClH/c15-11-3-1-2-4-13(11)20-6-5-14(19)17-8-10-7-16-9-12(10)18;/h1-4,10,12,16,18H,5-9H2,(H,17,19);1H. The molecule has 1 aliphatic heterocycles. The number of aliphatic hydroxyl groups excluding tert-OH is 1. The molecule has 2 atom stereocenters. The molecule has 1 saturated heterocycles. The second-order valence-electron chi connectivity index (χ2n) is 4.82. The van der Waals surface area contributed by atoms with E-state index in [2.05, 4.69) is 10.6 Å². The van der Waals surface area contributed by atoms with Gasteiger partial charge in [-0.25, -0.2) is 0 Å². The van der Waals surface area contributed by atoms with Crippen LogP contribution in [0.15, 0.2) is 29.2 Å². The van der Waals surface area contributed by atoms with E-state index in [0.717, 1.165) is 16.5 Å². The van der Waals surface area contributed by atoms with Gasteiger partial charge in [0.1, 0.15) is 0 Å². The van der Waals surface area contributed by atoms with E-state index in [1.807, 2.05) is 24.3 Å². The van der Waals surface area contributed by atoms with Crippen molar-refractivity contribution in [2.75, 3.05) is 25.4 Å². The number of benzene rings is 1. The van der Waals surface area contributed by atoms with Crippen molar-refractivity contribution in [2.24, 2.45) is 5.92 Å². The molecule has 4 nitrogen and oxygen atoms in total. The first-order valence-corrected chi connectivity index (χ1v) is 8.06. The highest BCUT2D eigenvalue weighted by atomic mass is 35.5. The minimum atomic E-state index is -0.354. The highest BCUT2D eigenvalue weighted by molar-refractivity contribution is 7.99. The van der Waals surface area contributed by atoms with Gasteiger partial charge in [0.05, 0.1) is 11.1 Å².